The van der Waals surface area contributed by atoms with Gasteiger partial charge in [-0.3, -0.25) is 4.79 Å². The molecule has 0 bridgehead atoms. The van der Waals surface area contributed by atoms with E-state index in [1.165, 1.54) is 0 Å². The van der Waals surface area contributed by atoms with E-state index in [-0.39, 0.29) is 5.91 Å². The number of thiophene rings is 1. The van der Waals surface area contributed by atoms with Crippen LogP contribution in [0, 0.1) is 0 Å². The number of rotatable bonds is 4. The second-order valence-corrected chi connectivity index (χ2v) is 9.35. The third kappa shape index (κ3) is 3.97. The molecule has 1 amide bonds. The van der Waals surface area contributed by atoms with E-state index in [9.17, 15) is 9.90 Å². The smallest absolute Gasteiger partial charge is 0.272 e. The van der Waals surface area contributed by atoms with Crippen LogP contribution >= 0.6 is 22.9 Å². The Labute approximate surface area is 195 Å². The number of likely N-dealkylation sites (tertiary alicyclic amines) is 1. The molecule has 2 aromatic carbocycles. The maximum Gasteiger partial charge on any atom is 0.272 e. The van der Waals surface area contributed by atoms with E-state index in [1.54, 1.807) is 33.1 Å². The summed E-state index contributed by atoms with van der Waals surface area (Å²) < 4.78 is 1.72. The van der Waals surface area contributed by atoms with Crippen LogP contribution in [0.2, 0.25) is 5.02 Å². The van der Waals surface area contributed by atoms with Crippen molar-refractivity contribution in [3.05, 3.63) is 94.5 Å². The second kappa shape index (κ2) is 8.54. The van der Waals surface area contributed by atoms with Crippen molar-refractivity contribution < 1.29 is 9.90 Å². The molecule has 1 aliphatic rings. The van der Waals surface area contributed by atoms with Gasteiger partial charge < -0.3 is 10.0 Å². The van der Waals surface area contributed by atoms with Gasteiger partial charge in [0.25, 0.3) is 5.91 Å². The van der Waals surface area contributed by atoms with Crippen LogP contribution in [0.1, 0.15) is 28.9 Å². The summed E-state index contributed by atoms with van der Waals surface area (Å²) in [5.41, 5.74) is 2.03. The lowest BCUT2D eigenvalue weighted by atomic mass is 9.84. The van der Waals surface area contributed by atoms with Crippen LogP contribution in [0.15, 0.2) is 78.2 Å². The largest absolute Gasteiger partial charge is 0.385 e. The summed E-state index contributed by atoms with van der Waals surface area (Å²) in [5.74, 6) is -0.0812. The van der Waals surface area contributed by atoms with E-state index in [4.69, 9.17) is 16.7 Å². The number of carbonyl (C=O) groups is 1. The maximum absolute atomic E-state index is 13.5. The first-order chi connectivity index (χ1) is 15.5. The standard InChI is InChI=1S/C25H22ClN3O2S/c26-19-10-8-18(9-11-19)25(31)12-14-28(15-13-25)24(30)22-17-21(23-7-4-16-32-23)27-29(22)20-5-2-1-3-6-20/h1-11,16-17,31H,12-15H2. The Kier molecular flexibility index (Phi) is 5.59. The molecule has 5 rings (SSSR count). The number of nitrogens with zero attached hydrogens (tertiary/aromatic N) is 3. The fourth-order valence-corrected chi connectivity index (χ4v) is 4.94. The van der Waals surface area contributed by atoms with Gasteiger partial charge in [0.2, 0.25) is 0 Å². The molecule has 2 aromatic heterocycles. The van der Waals surface area contributed by atoms with Crippen LogP contribution in [-0.2, 0) is 5.60 Å². The average molecular weight is 464 g/mol. The van der Waals surface area contributed by atoms with Crippen LogP contribution in [-0.4, -0.2) is 38.8 Å². The van der Waals surface area contributed by atoms with Crippen LogP contribution < -0.4 is 0 Å². The molecule has 3 heterocycles. The fourth-order valence-electron chi connectivity index (χ4n) is 4.13. The molecule has 0 spiro atoms. The minimum absolute atomic E-state index is 0.0812. The van der Waals surface area contributed by atoms with Gasteiger partial charge in [0, 0.05) is 18.1 Å². The number of piperidine rings is 1. The zero-order chi connectivity index (χ0) is 22.1. The van der Waals surface area contributed by atoms with Crippen molar-refractivity contribution >= 4 is 28.8 Å². The first kappa shape index (κ1) is 20.9. The first-order valence-corrected chi connectivity index (χ1v) is 11.8. The molecular weight excluding hydrogens is 442 g/mol. The predicted molar refractivity (Wildman–Crippen MR) is 127 cm³/mol. The van der Waals surface area contributed by atoms with E-state index < -0.39 is 5.60 Å². The molecule has 1 saturated heterocycles. The Morgan fingerprint density at radius 3 is 2.38 bits per heavy atom. The molecule has 1 aliphatic heterocycles. The highest BCUT2D eigenvalue weighted by molar-refractivity contribution is 7.13. The lowest BCUT2D eigenvalue weighted by Crippen LogP contribution is -2.45. The molecule has 1 fully saturated rings. The molecular formula is C25H22ClN3O2S. The van der Waals surface area contributed by atoms with Crippen molar-refractivity contribution in [2.75, 3.05) is 13.1 Å². The van der Waals surface area contributed by atoms with Crippen LogP contribution in [0.5, 0.6) is 0 Å². The molecule has 1 N–H and O–H groups in total. The normalized spacial score (nSPS) is 15.6. The molecule has 162 valence electrons. The number of benzene rings is 2. The Hall–Kier alpha value is -2.93. The molecule has 4 aromatic rings. The van der Waals surface area contributed by atoms with Crippen molar-refractivity contribution in [3.63, 3.8) is 0 Å². The van der Waals surface area contributed by atoms with Gasteiger partial charge >= 0.3 is 0 Å². The molecule has 0 aliphatic carbocycles. The summed E-state index contributed by atoms with van der Waals surface area (Å²) in [4.78, 5) is 16.4. The van der Waals surface area contributed by atoms with Crippen LogP contribution in [0.4, 0.5) is 0 Å². The van der Waals surface area contributed by atoms with E-state index in [2.05, 4.69) is 0 Å². The number of para-hydroxylation sites is 1. The zero-order valence-corrected chi connectivity index (χ0v) is 18.9. The van der Waals surface area contributed by atoms with Crippen molar-refractivity contribution in [1.82, 2.24) is 14.7 Å². The summed E-state index contributed by atoms with van der Waals surface area (Å²) in [5, 5.41) is 18.5. The van der Waals surface area contributed by atoms with Gasteiger partial charge in [-0.25, -0.2) is 4.68 Å². The number of amides is 1. The Bertz CT molecular complexity index is 1210. The number of aliphatic hydroxyl groups is 1. The third-order valence-corrected chi connectivity index (χ3v) is 7.11. The van der Waals surface area contributed by atoms with Gasteiger partial charge in [-0.2, -0.15) is 5.10 Å². The van der Waals surface area contributed by atoms with Gasteiger partial charge in [-0.15, -0.1) is 11.3 Å². The number of halogens is 1. The molecule has 0 saturated carbocycles. The fraction of sp³-hybridized carbons (Fsp3) is 0.200. The summed E-state index contributed by atoms with van der Waals surface area (Å²) in [6, 6.07) is 22.8. The Balaban J connectivity index is 1.41. The molecule has 32 heavy (non-hydrogen) atoms. The molecule has 5 nitrogen and oxygen atoms in total. The number of hydrogen-bond acceptors (Lipinski definition) is 4. The van der Waals surface area contributed by atoms with E-state index >= 15 is 0 Å². The van der Waals surface area contributed by atoms with Crippen molar-refractivity contribution in [1.29, 1.82) is 0 Å². The number of aromatic nitrogens is 2. The van der Waals surface area contributed by atoms with E-state index in [0.29, 0.717) is 36.6 Å². The lowest BCUT2D eigenvalue weighted by molar-refractivity contribution is -0.0213. The van der Waals surface area contributed by atoms with Gasteiger partial charge in [-0.1, -0.05) is 48.0 Å². The van der Waals surface area contributed by atoms with Crippen LogP contribution in [0.3, 0.4) is 0 Å². The average Bonchev–Trinajstić information content (AvgIpc) is 3.50. The minimum Gasteiger partial charge on any atom is -0.385 e. The van der Waals surface area contributed by atoms with Gasteiger partial charge in [0.1, 0.15) is 11.4 Å². The van der Waals surface area contributed by atoms with Gasteiger partial charge in [0.05, 0.1) is 16.2 Å². The highest BCUT2D eigenvalue weighted by atomic mass is 35.5. The lowest BCUT2D eigenvalue weighted by Gasteiger charge is -2.38. The highest BCUT2D eigenvalue weighted by Crippen LogP contribution is 2.34. The Morgan fingerprint density at radius 2 is 1.72 bits per heavy atom. The molecule has 0 atom stereocenters. The van der Waals surface area contributed by atoms with Crippen molar-refractivity contribution in [3.8, 4) is 16.3 Å². The molecule has 7 heteroatoms. The summed E-state index contributed by atoms with van der Waals surface area (Å²) in [6.45, 7) is 0.929. The summed E-state index contributed by atoms with van der Waals surface area (Å²) >= 11 is 7.59. The number of carbonyl (C=O) groups excluding carboxylic acids is 1. The predicted octanol–water partition coefficient (Wildman–Crippen LogP) is 5.38. The quantitative estimate of drug-likeness (QED) is 0.442. The second-order valence-electron chi connectivity index (χ2n) is 7.97. The van der Waals surface area contributed by atoms with E-state index in [1.807, 2.05) is 66.0 Å². The van der Waals surface area contributed by atoms with Gasteiger partial charge in [0.15, 0.2) is 0 Å². The molecule has 0 radical (unpaired) electrons. The SMILES string of the molecule is O=C(c1cc(-c2cccs2)nn1-c1ccccc1)N1CCC(O)(c2ccc(Cl)cc2)CC1. The first-order valence-electron chi connectivity index (χ1n) is 10.5. The van der Waals surface area contributed by atoms with E-state index in [0.717, 1.165) is 21.8 Å². The maximum atomic E-state index is 13.5. The zero-order valence-electron chi connectivity index (χ0n) is 17.3. The number of hydrogen-bond donors (Lipinski definition) is 1. The summed E-state index contributed by atoms with van der Waals surface area (Å²) in [6.07, 6.45) is 0.940. The third-order valence-electron chi connectivity index (χ3n) is 5.96. The Morgan fingerprint density at radius 1 is 1.00 bits per heavy atom. The topological polar surface area (TPSA) is 58.4 Å². The molecule has 0 unspecified atom stereocenters. The van der Waals surface area contributed by atoms with Crippen molar-refractivity contribution in [2.24, 2.45) is 0 Å². The van der Waals surface area contributed by atoms with Gasteiger partial charge in [-0.05, 0) is 60.2 Å². The minimum atomic E-state index is -0.955. The highest BCUT2D eigenvalue weighted by Gasteiger charge is 2.36. The van der Waals surface area contributed by atoms with Crippen molar-refractivity contribution in [2.45, 2.75) is 18.4 Å². The summed E-state index contributed by atoms with van der Waals surface area (Å²) in [7, 11) is 0. The van der Waals surface area contributed by atoms with Crippen LogP contribution in [0.25, 0.3) is 16.3 Å². The monoisotopic (exact) mass is 463 g/mol.